The average Bonchev–Trinajstić information content (AvgIpc) is 2.57. The van der Waals surface area contributed by atoms with Crippen molar-refractivity contribution in [3.8, 4) is 5.82 Å². The summed E-state index contributed by atoms with van der Waals surface area (Å²) in [7, 11) is 0. The lowest BCUT2D eigenvalue weighted by molar-refractivity contribution is 0.835. The molecule has 0 bridgehead atoms. The minimum absolute atomic E-state index is 0.403. The van der Waals surface area contributed by atoms with Gasteiger partial charge in [0.05, 0.1) is 9.77 Å². The Bertz CT molecular complexity index is 469. The van der Waals surface area contributed by atoms with E-state index in [4.69, 9.17) is 5.73 Å². The molecule has 0 saturated heterocycles. The van der Waals surface area contributed by atoms with Gasteiger partial charge in [0.25, 0.3) is 0 Å². The van der Waals surface area contributed by atoms with Crippen LogP contribution in [0.1, 0.15) is 0 Å². The van der Waals surface area contributed by atoms with Crippen LogP contribution in [0, 0.1) is 3.57 Å². The predicted molar refractivity (Wildman–Crippen MR) is 64.0 cm³/mol. The van der Waals surface area contributed by atoms with Crippen LogP contribution >= 0.6 is 38.5 Å². The van der Waals surface area contributed by atoms with E-state index in [0.29, 0.717) is 16.1 Å². The maximum Gasteiger partial charge on any atom is 0.173 e. The van der Waals surface area contributed by atoms with Crippen molar-refractivity contribution >= 4 is 44.3 Å². The standard InChI is InChI=1S/C7H5BrIN5/c8-5-6(10)11-3-12-7(5)14-2-4(9)1-13-14/h1-3H,(H2,10,11,12). The quantitative estimate of drug-likeness (QED) is 0.779. The van der Waals surface area contributed by atoms with Crippen LogP contribution in [-0.4, -0.2) is 19.7 Å². The molecule has 0 amide bonds. The van der Waals surface area contributed by atoms with Gasteiger partial charge >= 0.3 is 0 Å². The number of halogens is 2. The summed E-state index contributed by atoms with van der Waals surface area (Å²) in [5, 5.41) is 4.12. The predicted octanol–water partition coefficient (Wildman–Crippen LogP) is 1.61. The third-order valence-electron chi connectivity index (χ3n) is 1.57. The molecule has 7 heteroatoms. The molecule has 14 heavy (non-hydrogen) atoms. The van der Waals surface area contributed by atoms with Gasteiger partial charge in [-0.05, 0) is 38.5 Å². The normalized spacial score (nSPS) is 10.4. The van der Waals surface area contributed by atoms with Crippen LogP contribution in [0.25, 0.3) is 5.82 Å². The number of aromatic nitrogens is 4. The van der Waals surface area contributed by atoms with Crippen molar-refractivity contribution in [3.63, 3.8) is 0 Å². The zero-order valence-corrected chi connectivity index (χ0v) is 10.6. The lowest BCUT2D eigenvalue weighted by Crippen LogP contribution is -2.03. The molecule has 0 atom stereocenters. The SMILES string of the molecule is Nc1ncnc(-n2cc(I)cn2)c1Br. The maximum absolute atomic E-state index is 5.62. The summed E-state index contributed by atoms with van der Waals surface area (Å²) < 4.78 is 3.33. The Kier molecular flexibility index (Phi) is 2.68. The molecule has 0 fully saturated rings. The molecular formula is C7H5BrIN5. The summed E-state index contributed by atoms with van der Waals surface area (Å²) in [4.78, 5) is 7.93. The minimum Gasteiger partial charge on any atom is -0.383 e. The smallest absolute Gasteiger partial charge is 0.173 e. The van der Waals surface area contributed by atoms with Gasteiger partial charge in [-0.25, -0.2) is 14.6 Å². The van der Waals surface area contributed by atoms with Crippen LogP contribution in [0.3, 0.4) is 0 Å². The summed E-state index contributed by atoms with van der Waals surface area (Å²) in [6.45, 7) is 0. The van der Waals surface area contributed by atoms with Gasteiger partial charge in [-0.3, -0.25) is 0 Å². The summed E-state index contributed by atoms with van der Waals surface area (Å²) in [6, 6.07) is 0. The number of nitrogen functional groups attached to an aromatic ring is 1. The van der Waals surface area contributed by atoms with E-state index in [0.717, 1.165) is 3.57 Å². The molecule has 0 aromatic carbocycles. The van der Waals surface area contributed by atoms with Crippen molar-refractivity contribution < 1.29 is 0 Å². The van der Waals surface area contributed by atoms with Crippen molar-refractivity contribution in [1.29, 1.82) is 0 Å². The van der Waals surface area contributed by atoms with Crippen LogP contribution in [0.2, 0.25) is 0 Å². The van der Waals surface area contributed by atoms with E-state index in [1.807, 2.05) is 6.20 Å². The van der Waals surface area contributed by atoms with Gasteiger partial charge in [-0.15, -0.1) is 0 Å². The number of nitrogens with zero attached hydrogens (tertiary/aromatic N) is 4. The van der Waals surface area contributed by atoms with E-state index >= 15 is 0 Å². The molecule has 0 radical (unpaired) electrons. The largest absolute Gasteiger partial charge is 0.383 e. The second-order valence-corrected chi connectivity index (χ2v) is 4.54. The van der Waals surface area contributed by atoms with Crippen LogP contribution in [0.5, 0.6) is 0 Å². The van der Waals surface area contributed by atoms with Gasteiger partial charge in [0.15, 0.2) is 5.82 Å². The Morgan fingerprint density at radius 1 is 1.43 bits per heavy atom. The Balaban J connectivity index is 2.57. The van der Waals surface area contributed by atoms with Gasteiger partial charge < -0.3 is 5.73 Å². The Morgan fingerprint density at radius 2 is 2.21 bits per heavy atom. The first kappa shape index (κ1) is 9.84. The molecule has 2 heterocycles. The maximum atomic E-state index is 5.62. The summed E-state index contributed by atoms with van der Waals surface area (Å²) in [5.74, 6) is 1.04. The molecule has 0 aliphatic rings. The van der Waals surface area contributed by atoms with Gasteiger partial charge in [-0.1, -0.05) is 0 Å². The highest BCUT2D eigenvalue weighted by Crippen LogP contribution is 2.22. The minimum atomic E-state index is 0.403. The van der Waals surface area contributed by atoms with Gasteiger partial charge in [-0.2, -0.15) is 5.10 Å². The van der Waals surface area contributed by atoms with Crippen molar-refractivity contribution in [1.82, 2.24) is 19.7 Å². The lowest BCUT2D eigenvalue weighted by Gasteiger charge is -2.03. The van der Waals surface area contributed by atoms with Crippen LogP contribution in [0.15, 0.2) is 23.2 Å². The first-order valence-corrected chi connectivity index (χ1v) is 5.52. The van der Waals surface area contributed by atoms with Crippen LogP contribution in [0.4, 0.5) is 5.82 Å². The average molecular weight is 366 g/mol. The summed E-state index contributed by atoms with van der Waals surface area (Å²) in [5.41, 5.74) is 5.62. The molecule has 2 N–H and O–H groups in total. The van der Waals surface area contributed by atoms with Gasteiger partial charge in [0.2, 0.25) is 0 Å². The molecular weight excluding hydrogens is 361 g/mol. The monoisotopic (exact) mass is 365 g/mol. The van der Waals surface area contributed by atoms with Crippen LogP contribution < -0.4 is 5.73 Å². The second kappa shape index (κ2) is 3.81. The molecule has 0 unspecified atom stereocenters. The topological polar surface area (TPSA) is 69.6 Å². The van der Waals surface area contributed by atoms with E-state index in [-0.39, 0.29) is 0 Å². The highest BCUT2D eigenvalue weighted by molar-refractivity contribution is 14.1. The summed E-state index contributed by atoms with van der Waals surface area (Å²) >= 11 is 5.49. The number of hydrogen-bond donors (Lipinski definition) is 1. The van der Waals surface area contributed by atoms with Crippen LogP contribution in [-0.2, 0) is 0 Å². The zero-order chi connectivity index (χ0) is 10.1. The fraction of sp³-hybridized carbons (Fsp3) is 0. The molecule has 2 aromatic heterocycles. The van der Waals surface area contributed by atoms with E-state index in [1.54, 1.807) is 10.9 Å². The first-order valence-electron chi connectivity index (χ1n) is 3.65. The van der Waals surface area contributed by atoms with Gasteiger partial charge in [0.1, 0.15) is 16.6 Å². The van der Waals surface area contributed by atoms with Gasteiger partial charge in [0, 0.05) is 6.20 Å². The molecule has 2 rings (SSSR count). The van der Waals surface area contributed by atoms with Crippen molar-refractivity contribution in [2.75, 3.05) is 5.73 Å². The highest BCUT2D eigenvalue weighted by Gasteiger charge is 2.08. The number of anilines is 1. The van der Waals surface area contributed by atoms with Crippen molar-refractivity contribution in [2.45, 2.75) is 0 Å². The molecule has 2 aromatic rings. The number of hydrogen-bond acceptors (Lipinski definition) is 4. The van der Waals surface area contributed by atoms with Crippen molar-refractivity contribution in [3.05, 3.63) is 26.8 Å². The summed E-state index contributed by atoms with van der Waals surface area (Å²) in [6.07, 6.45) is 5.00. The number of rotatable bonds is 1. The molecule has 0 aliphatic heterocycles. The molecule has 0 aliphatic carbocycles. The third kappa shape index (κ3) is 1.73. The van der Waals surface area contributed by atoms with Crippen molar-refractivity contribution in [2.24, 2.45) is 0 Å². The Morgan fingerprint density at radius 3 is 2.86 bits per heavy atom. The third-order valence-corrected chi connectivity index (χ3v) is 2.88. The zero-order valence-electron chi connectivity index (χ0n) is 6.85. The molecule has 5 nitrogen and oxygen atoms in total. The second-order valence-electron chi connectivity index (χ2n) is 2.50. The Labute approximate surface area is 102 Å². The first-order chi connectivity index (χ1) is 6.68. The lowest BCUT2D eigenvalue weighted by atomic mass is 10.5. The molecule has 0 saturated carbocycles. The molecule has 72 valence electrons. The molecule has 0 spiro atoms. The Hall–Kier alpha value is -0.700. The number of nitrogens with two attached hydrogens (primary N) is 1. The van der Waals surface area contributed by atoms with E-state index in [1.165, 1.54) is 6.33 Å². The van der Waals surface area contributed by atoms with E-state index in [2.05, 4.69) is 53.6 Å². The fourth-order valence-corrected chi connectivity index (χ4v) is 1.72. The highest BCUT2D eigenvalue weighted by atomic mass is 127. The fourth-order valence-electron chi connectivity index (χ4n) is 0.950. The van der Waals surface area contributed by atoms with E-state index < -0.39 is 0 Å². The van der Waals surface area contributed by atoms with E-state index in [9.17, 15) is 0 Å².